The van der Waals surface area contributed by atoms with Gasteiger partial charge in [0.25, 0.3) is 5.91 Å². The molecule has 1 saturated carbocycles. The molecule has 0 radical (unpaired) electrons. The molecular weight excluding hydrogens is 303 g/mol. The number of carboxylic acid groups (broad SMARTS) is 1. The van der Waals surface area contributed by atoms with Crippen LogP contribution in [0.1, 0.15) is 47.5 Å². The average molecular weight is 318 g/mol. The summed E-state index contributed by atoms with van der Waals surface area (Å²) in [5.41, 5.74) is -1.42. The van der Waals surface area contributed by atoms with Gasteiger partial charge in [-0.15, -0.1) is 0 Å². The van der Waals surface area contributed by atoms with Crippen molar-refractivity contribution in [2.24, 2.45) is 0 Å². The number of nitrogens with one attached hydrogen (secondary N) is 1. The number of carbonyl (C=O) groups is 2. The van der Waals surface area contributed by atoms with Gasteiger partial charge in [-0.05, 0) is 37.5 Å². The summed E-state index contributed by atoms with van der Waals surface area (Å²) in [6.45, 7) is 1.34. The molecule has 3 rings (SSSR count). The predicted molar refractivity (Wildman–Crippen MR) is 77.3 cm³/mol. The van der Waals surface area contributed by atoms with Crippen LogP contribution in [0, 0.1) is 5.82 Å². The summed E-state index contributed by atoms with van der Waals surface area (Å²) in [5, 5.41) is 15.6. The summed E-state index contributed by atoms with van der Waals surface area (Å²) >= 11 is 0. The van der Waals surface area contributed by atoms with Gasteiger partial charge in [-0.2, -0.15) is 0 Å². The van der Waals surface area contributed by atoms with E-state index >= 15 is 0 Å². The van der Waals surface area contributed by atoms with E-state index in [1.165, 1.54) is 25.1 Å². The first-order valence-corrected chi connectivity index (χ1v) is 7.19. The molecule has 0 bridgehead atoms. The van der Waals surface area contributed by atoms with Crippen molar-refractivity contribution < 1.29 is 23.6 Å². The van der Waals surface area contributed by atoms with Crippen molar-refractivity contribution in [2.75, 3.05) is 0 Å². The van der Waals surface area contributed by atoms with Gasteiger partial charge in [0.1, 0.15) is 11.6 Å². The zero-order chi connectivity index (χ0) is 16.6. The van der Waals surface area contributed by atoms with E-state index < -0.39 is 23.2 Å². The lowest BCUT2D eigenvalue weighted by molar-refractivity contribution is -0.144. The largest absolute Gasteiger partial charge is 0.479 e. The SMILES string of the molecule is CC(NC(=O)c1cc(C2CC2)on1)(C(=O)O)c1ccc(F)cc1. The van der Waals surface area contributed by atoms with Crippen LogP contribution >= 0.6 is 0 Å². The predicted octanol–water partition coefficient (Wildman–Crippen LogP) is 2.42. The first kappa shape index (κ1) is 15.2. The number of carbonyl (C=O) groups excluding carboxylic acids is 1. The number of aliphatic carboxylic acids is 1. The number of hydrogen-bond acceptors (Lipinski definition) is 4. The molecule has 1 amide bonds. The second-order valence-corrected chi connectivity index (χ2v) is 5.78. The minimum Gasteiger partial charge on any atom is -0.479 e. The molecule has 2 N–H and O–H groups in total. The van der Waals surface area contributed by atoms with Crippen LogP contribution in [0.2, 0.25) is 0 Å². The van der Waals surface area contributed by atoms with Crippen LogP contribution in [0.5, 0.6) is 0 Å². The number of benzene rings is 1. The van der Waals surface area contributed by atoms with Gasteiger partial charge in [0, 0.05) is 12.0 Å². The summed E-state index contributed by atoms with van der Waals surface area (Å²) < 4.78 is 18.1. The summed E-state index contributed by atoms with van der Waals surface area (Å²) in [5.74, 6) is -1.47. The molecule has 1 atom stereocenters. The zero-order valence-electron chi connectivity index (χ0n) is 12.4. The van der Waals surface area contributed by atoms with Gasteiger partial charge in [-0.25, -0.2) is 9.18 Å². The molecule has 120 valence electrons. The highest BCUT2D eigenvalue weighted by atomic mass is 19.1. The number of aromatic nitrogens is 1. The lowest BCUT2D eigenvalue weighted by Crippen LogP contribution is -2.49. The number of hydrogen-bond donors (Lipinski definition) is 2. The van der Waals surface area contributed by atoms with Crippen molar-refractivity contribution in [3.63, 3.8) is 0 Å². The molecule has 1 fully saturated rings. The highest BCUT2D eigenvalue weighted by molar-refractivity contribution is 5.96. The third-order valence-corrected chi connectivity index (χ3v) is 3.95. The second kappa shape index (κ2) is 5.49. The first-order chi connectivity index (χ1) is 10.9. The highest BCUT2D eigenvalue weighted by Crippen LogP contribution is 2.40. The Morgan fingerprint density at radius 3 is 2.57 bits per heavy atom. The highest BCUT2D eigenvalue weighted by Gasteiger charge is 2.38. The van der Waals surface area contributed by atoms with Gasteiger partial charge >= 0.3 is 5.97 Å². The molecule has 1 unspecified atom stereocenters. The van der Waals surface area contributed by atoms with Crippen LogP contribution in [-0.2, 0) is 10.3 Å². The van der Waals surface area contributed by atoms with E-state index in [4.69, 9.17) is 4.52 Å². The van der Waals surface area contributed by atoms with Crippen LogP contribution in [0.4, 0.5) is 4.39 Å². The molecule has 0 saturated heterocycles. The normalized spacial score (nSPS) is 16.6. The van der Waals surface area contributed by atoms with Crippen LogP contribution in [0.3, 0.4) is 0 Å². The quantitative estimate of drug-likeness (QED) is 0.883. The van der Waals surface area contributed by atoms with Gasteiger partial charge in [0.15, 0.2) is 11.2 Å². The van der Waals surface area contributed by atoms with Crippen LogP contribution < -0.4 is 5.32 Å². The third kappa shape index (κ3) is 2.94. The molecule has 2 aromatic rings. The molecular formula is C16H15FN2O4. The number of halogens is 1. The van der Waals surface area contributed by atoms with Crippen molar-refractivity contribution in [1.82, 2.24) is 10.5 Å². The summed E-state index contributed by atoms with van der Waals surface area (Å²) in [4.78, 5) is 23.9. The van der Waals surface area contributed by atoms with Crippen LogP contribution in [0.15, 0.2) is 34.9 Å². The molecule has 1 aromatic heterocycles. The van der Waals surface area contributed by atoms with Crippen molar-refractivity contribution in [3.05, 3.63) is 53.2 Å². The molecule has 0 spiro atoms. The lowest BCUT2D eigenvalue weighted by Gasteiger charge is -2.26. The van der Waals surface area contributed by atoms with E-state index in [1.54, 1.807) is 0 Å². The van der Waals surface area contributed by atoms with E-state index in [0.717, 1.165) is 25.0 Å². The van der Waals surface area contributed by atoms with Crippen LogP contribution in [-0.4, -0.2) is 22.1 Å². The molecule has 1 aromatic carbocycles. The second-order valence-electron chi connectivity index (χ2n) is 5.78. The average Bonchev–Trinajstić information content (AvgIpc) is 3.24. The molecule has 23 heavy (non-hydrogen) atoms. The monoisotopic (exact) mass is 318 g/mol. The number of amides is 1. The minimum absolute atomic E-state index is 0.0292. The standard InChI is InChI=1S/C16H15FN2O4/c1-16(15(21)22,10-4-6-11(17)7-5-10)18-14(20)12-8-13(23-19-12)9-2-3-9/h4-9H,2-3H2,1H3,(H,18,20)(H,21,22). The molecule has 1 aliphatic carbocycles. The summed E-state index contributed by atoms with van der Waals surface area (Å²) in [6, 6.07) is 6.46. The van der Waals surface area contributed by atoms with Gasteiger partial charge in [0.2, 0.25) is 0 Å². The number of carboxylic acids is 1. The van der Waals surface area contributed by atoms with Crippen LogP contribution in [0.25, 0.3) is 0 Å². The van der Waals surface area contributed by atoms with Gasteiger partial charge in [-0.1, -0.05) is 17.3 Å². The Morgan fingerprint density at radius 2 is 2.00 bits per heavy atom. The summed E-state index contributed by atoms with van der Waals surface area (Å²) in [6.07, 6.45) is 2.00. The van der Waals surface area contributed by atoms with Crippen molar-refractivity contribution in [1.29, 1.82) is 0 Å². The molecule has 6 nitrogen and oxygen atoms in total. The molecule has 1 aliphatic rings. The van der Waals surface area contributed by atoms with E-state index in [1.807, 2.05) is 0 Å². The van der Waals surface area contributed by atoms with E-state index in [9.17, 15) is 19.1 Å². The Labute approximate surface area is 131 Å². The lowest BCUT2D eigenvalue weighted by atomic mass is 9.92. The smallest absolute Gasteiger partial charge is 0.333 e. The molecule has 0 aliphatic heterocycles. The Hall–Kier alpha value is -2.70. The van der Waals surface area contributed by atoms with Crippen molar-refractivity contribution in [3.8, 4) is 0 Å². The van der Waals surface area contributed by atoms with E-state index in [-0.39, 0.29) is 11.3 Å². The number of nitrogens with zero attached hydrogens (tertiary/aromatic N) is 1. The third-order valence-electron chi connectivity index (χ3n) is 3.95. The topological polar surface area (TPSA) is 92.4 Å². The first-order valence-electron chi connectivity index (χ1n) is 7.19. The van der Waals surface area contributed by atoms with Gasteiger partial charge in [0.05, 0.1) is 0 Å². The minimum atomic E-state index is -1.70. The zero-order valence-corrected chi connectivity index (χ0v) is 12.4. The Bertz CT molecular complexity index is 752. The summed E-state index contributed by atoms with van der Waals surface area (Å²) in [7, 11) is 0. The van der Waals surface area contributed by atoms with Gasteiger partial charge < -0.3 is 14.9 Å². The Morgan fingerprint density at radius 1 is 1.35 bits per heavy atom. The van der Waals surface area contributed by atoms with E-state index in [0.29, 0.717) is 11.7 Å². The maximum absolute atomic E-state index is 13.0. The Balaban J connectivity index is 1.84. The van der Waals surface area contributed by atoms with Crippen molar-refractivity contribution >= 4 is 11.9 Å². The Kier molecular flexibility index (Phi) is 3.63. The fourth-order valence-corrected chi connectivity index (χ4v) is 2.28. The van der Waals surface area contributed by atoms with Gasteiger partial charge in [-0.3, -0.25) is 4.79 Å². The maximum atomic E-state index is 13.0. The maximum Gasteiger partial charge on any atom is 0.333 e. The fraction of sp³-hybridized carbons (Fsp3) is 0.312. The van der Waals surface area contributed by atoms with E-state index in [2.05, 4.69) is 10.5 Å². The fourth-order valence-electron chi connectivity index (χ4n) is 2.28. The van der Waals surface area contributed by atoms with Crippen molar-refractivity contribution in [2.45, 2.75) is 31.2 Å². The number of rotatable bonds is 5. The molecule has 1 heterocycles. The molecule has 7 heteroatoms.